The lowest BCUT2D eigenvalue weighted by Gasteiger charge is -2.14. The number of rotatable bonds is 5. The Bertz CT molecular complexity index is 1330. The van der Waals surface area contributed by atoms with Crippen molar-refractivity contribution in [2.24, 2.45) is 0 Å². The summed E-state index contributed by atoms with van der Waals surface area (Å²) in [6.45, 7) is 3.60. The molecule has 0 spiro atoms. The van der Waals surface area contributed by atoms with E-state index in [1.165, 1.54) is 24.4 Å². The van der Waals surface area contributed by atoms with Crippen molar-refractivity contribution < 1.29 is 19.1 Å². The minimum absolute atomic E-state index is 0.141. The van der Waals surface area contributed by atoms with Crippen LogP contribution in [0.15, 0.2) is 36.4 Å². The number of nitrogens with zero attached hydrogens (tertiary/aromatic N) is 2. The second-order valence-electron chi connectivity index (χ2n) is 7.40. The van der Waals surface area contributed by atoms with Crippen LogP contribution in [0.3, 0.4) is 0 Å². The number of amides is 2. The van der Waals surface area contributed by atoms with Crippen molar-refractivity contribution in [2.45, 2.75) is 20.0 Å². The molecular formula is C23H20FN4O3. The van der Waals surface area contributed by atoms with Gasteiger partial charge in [-0.2, -0.15) is 0 Å². The van der Waals surface area contributed by atoms with Gasteiger partial charge in [-0.15, -0.1) is 0 Å². The summed E-state index contributed by atoms with van der Waals surface area (Å²) < 4.78 is 13.8. The number of aryl methyl sites for hydroxylation is 1. The van der Waals surface area contributed by atoms with Gasteiger partial charge in [0.2, 0.25) is 0 Å². The molecular weight excluding hydrogens is 399 g/mol. The SMILES string of the molecule is Cc1ccc(C(=O)NC[C@@H](C)O)cc1Nc1nc2ccc(F)cc2c2c1=CC(=O)[N]C=2. The Hall–Kier alpha value is -3.78. The van der Waals surface area contributed by atoms with Crippen molar-refractivity contribution in [3.63, 3.8) is 0 Å². The molecule has 1 radical (unpaired) electrons. The minimum Gasteiger partial charge on any atom is -0.392 e. The van der Waals surface area contributed by atoms with E-state index in [1.807, 2.05) is 6.92 Å². The molecule has 3 N–H and O–H groups in total. The number of fused-ring (bicyclic) bond motifs is 3. The molecule has 0 fully saturated rings. The van der Waals surface area contributed by atoms with Gasteiger partial charge in [0.15, 0.2) is 0 Å². The Morgan fingerprint density at radius 2 is 2.00 bits per heavy atom. The van der Waals surface area contributed by atoms with E-state index >= 15 is 0 Å². The molecule has 0 aliphatic carbocycles. The Morgan fingerprint density at radius 1 is 1.19 bits per heavy atom. The predicted octanol–water partition coefficient (Wildman–Crippen LogP) is 1.20. The van der Waals surface area contributed by atoms with Crippen LogP contribution in [0.2, 0.25) is 0 Å². The Morgan fingerprint density at radius 3 is 2.77 bits per heavy atom. The maximum Gasteiger partial charge on any atom is 0.270 e. The van der Waals surface area contributed by atoms with Crippen molar-refractivity contribution >= 4 is 46.5 Å². The third-order valence-electron chi connectivity index (χ3n) is 4.93. The number of anilines is 2. The van der Waals surface area contributed by atoms with Gasteiger partial charge < -0.3 is 15.7 Å². The van der Waals surface area contributed by atoms with Crippen LogP contribution >= 0.6 is 0 Å². The number of hydrogen-bond acceptors (Lipinski definition) is 5. The van der Waals surface area contributed by atoms with E-state index in [2.05, 4.69) is 20.9 Å². The molecule has 8 heteroatoms. The van der Waals surface area contributed by atoms with Crippen LogP contribution in [-0.4, -0.2) is 34.6 Å². The summed E-state index contributed by atoms with van der Waals surface area (Å²) in [5, 5.41) is 20.7. The van der Waals surface area contributed by atoms with Crippen molar-refractivity contribution in [1.82, 2.24) is 15.6 Å². The molecule has 3 aromatic rings. The molecule has 31 heavy (non-hydrogen) atoms. The van der Waals surface area contributed by atoms with Gasteiger partial charge in [0.05, 0.1) is 11.6 Å². The molecule has 2 heterocycles. The van der Waals surface area contributed by atoms with Gasteiger partial charge >= 0.3 is 0 Å². The van der Waals surface area contributed by atoms with Crippen LogP contribution in [0.4, 0.5) is 15.9 Å². The van der Waals surface area contributed by atoms with Crippen LogP contribution < -0.4 is 26.4 Å². The molecule has 2 amide bonds. The summed E-state index contributed by atoms with van der Waals surface area (Å²) in [6.07, 6.45) is 2.11. The smallest absolute Gasteiger partial charge is 0.270 e. The second-order valence-corrected chi connectivity index (χ2v) is 7.40. The number of aromatic nitrogens is 1. The molecule has 0 saturated heterocycles. The zero-order valence-corrected chi connectivity index (χ0v) is 16.9. The van der Waals surface area contributed by atoms with Gasteiger partial charge in [-0.25, -0.2) is 14.7 Å². The highest BCUT2D eigenvalue weighted by atomic mass is 19.1. The fourth-order valence-corrected chi connectivity index (χ4v) is 3.31. The third kappa shape index (κ3) is 4.24. The minimum atomic E-state index is -0.653. The number of aliphatic hydroxyl groups is 1. The molecule has 157 valence electrons. The molecule has 1 aliphatic rings. The number of carbonyl (C=O) groups is 2. The van der Waals surface area contributed by atoms with Gasteiger partial charge in [-0.05, 0) is 49.7 Å². The average molecular weight is 419 g/mol. The van der Waals surface area contributed by atoms with E-state index in [-0.39, 0.29) is 12.5 Å². The van der Waals surface area contributed by atoms with Crippen LogP contribution in [0, 0.1) is 12.7 Å². The Balaban J connectivity index is 1.79. The number of aliphatic hydroxyl groups excluding tert-OH is 1. The zero-order chi connectivity index (χ0) is 22.1. The summed E-state index contributed by atoms with van der Waals surface area (Å²) in [7, 11) is 0. The highest BCUT2D eigenvalue weighted by Crippen LogP contribution is 2.21. The van der Waals surface area contributed by atoms with E-state index in [4.69, 9.17) is 0 Å². The lowest BCUT2D eigenvalue weighted by atomic mass is 10.1. The molecule has 1 aliphatic heterocycles. The van der Waals surface area contributed by atoms with Crippen molar-refractivity contribution in [3.8, 4) is 0 Å². The first kappa shape index (κ1) is 20.5. The van der Waals surface area contributed by atoms with Crippen LogP contribution in [0.1, 0.15) is 22.8 Å². The number of hydrogen-bond donors (Lipinski definition) is 3. The number of carbonyl (C=O) groups excluding carboxylic acids is 2. The maximum atomic E-state index is 13.8. The predicted molar refractivity (Wildman–Crippen MR) is 115 cm³/mol. The van der Waals surface area contributed by atoms with Gasteiger partial charge in [-0.1, -0.05) is 6.07 Å². The van der Waals surface area contributed by atoms with Gasteiger partial charge in [0.1, 0.15) is 11.6 Å². The molecule has 7 nitrogen and oxygen atoms in total. The quantitative estimate of drug-likeness (QED) is 0.576. The average Bonchev–Trinajstić information content (AvgIpc) is 2.73. The fraction of sp³-hybridized carbons (Fsp3) is 0.174. The van der Waals surface area contributed by atoms with Gasteiger partial charge in [-0.3, -0.25) is 9.59 Å². The number of halogens is 1. The molecule has 0 unspecified atom stereocenters. The lowest BCUT2D eigenvalue weighted by Crippen LogP contribution is -2.36. The summed E-state index contributed by atoms with van der Waals surface area (Å²) >= 11 is 0. The van der Waals surface area contributed by atoms with E-state index in [9.17, 15) is 19.1 Å². The zero-order valence-electron chi connectivity index (χ0n) is 16.9. The molecule has 0 bridgehead atoms. The van der Waals surface area contributed by atoms with E-state index in [0.717, 1.165) is 5.56 Å². The normalized spacial score (nSPS) is 13.5. The van der Waals surface area contributed by atoms with Crippen molar-refractivity contribution in [2.75, 3.05) is 11.9 Å². The third-order valence-corrected chi connectivity index (χ3v) is 4.93. The number of nitrogens with one attached hydrogen (secondary N) is 2. The maximum absolute atomic E-state index is 13.8. The second kappa shape index (κ2) is 8.16. The fourth-order valence-electron chi connectivity index (χ4n) is 3.31. The first-order chi connectivity index (χ1) is 14.8. The number of benzene rings is 2. The van der Waals surface area contributed by atoms with Crippen LogP contribution in [0.5, 0.6) is 0 Å². The van der Waals surface area contributed by atoms with Crippen LogP contribution in [0.25, 0.3) is 23.2 Å². The molecule has 1 aromatic heterocycles. The van der Waals surface area contributed by atoms with Crippen molar-refractivity contribution in [1.29, 1.82) is 0 Å². The van der Waals surface area contributed by atoms with E-state index in [0.29, 0.717) is 38.4 Å². The molecule has 0 saturated carbocycles. The highest BCUT2D eigenvalue weighted by molar-refractivity contribution is 6.08. The molecule has 4 rings (SSSR count). The van der Waals surface area contributed by atoms with E-state index in [1.54, 1.807) is 31.2 Å². The van der Waals surface area contributed by atoms with Gasteiger partial charge in [0.25, 0.3) is 11.8 Å². The van der Waals surface area contributed by atoms with Crippen molar-refractivity contribution in [3.05, 3.63) is 63.8 Å². The number of pyridine rings is 1. The topological polar surface area (TPSA) is 105 Å². The lowest BCUT2D eigenvalue weighted by molar-refractivity contribution is -0.114. The highest BCUT2D eigenvalue weighted by Gasteiger charge is 2.14. The van der Waals surface area contributed by atoms with E-state index < -0.39 is 17.8 Å². The summed E-state index contributed by atoms with van der Waals surface area (Å²) in [5.41, 5.74) is 2.44. The Labute approximate surface area is 177 Å². The van der Waals surface area contributed by atoms with Gasteiger partial charge in [0, 0.05) is 45.9 Å². The first-order valence-corrected chi connectivity index (χ1v) is 9.72. The standard InChI is InChI=1S/C23H20FN4O3/c1-12-3-4-14(23(31)26-10-13(2)29)7-20(12)28-22-17-9-21(30)25-11-18(17)16-8-15(24)5-6-19(16)27-22/h3-9,11,13,29H,10H2,1-2H3,(H,26,31)(H,27,28)/t13-/m1/s1. The molecule has 1 atom stereocenters. The van der Waals surface area contributed by atoms with Crippen LogP contribution in [-0.2, 0) is 4.79 Å². The Kier molecular flexibility index (Phi) is 5.39. The largest absolute Gasteiger partial charge is 0.392 e. The first-order valence-electron chi connectivity index (χ1n) is 9.72. The monoisotopic (exact) mass is 419 g/mol. The summed E-state index contributed by atoms with van der Waals surface area (Å²) in [4.78, 5) is 28.9. The summed E-state index contributed by atoms with van der Waals surface area (Å²) in [5.74, 6) is -0.759. The summed E-state index contributed by atoms with van der Waals surface area (Å²) in [6, 6.07) is 9.39. The molecule has 2 aromatic carbocycles.